The smallest absolute Gasteiger partial charge is 0.207 e. The normalized spacial score (nSPS) is 16.3. The lowest BCUT2D eigenvalue weighted by Crippen LogP contribution is -2.29. The van der Waals surface area contributed by atoms with Gasteiger partial charge >= 0.3 is 0 Å². The molecule has 3 nitrogen and oxygen atoms in total. The highest BCUT2D eigenvalue weighted by atomic mass is 79.9. The van der Waals surface area contributed by atoms with Crippen molar-refractivity contribution in [3.63, 3.8) is 0 Å². The molecule has 0 saturated heterocycles. The average molecular weight is 357 g/mol. The Balaban J connectivity index is 2.53. The van der Waals surface area contributed by atoms with Crippen molar-refractivity contribution in [2.45, 2.75) is 29.7 Å². The van der Waals surface area contributed by atoms with Gasteiger partial charge in [0.25, 0.3) is 0 Å². The van der Waals surface area contributed by atoms with Gasteiger partial charge in [0.05, 0.1) is 5.88 Å². The third-order valence-corrected chi connectivity index (χ3v) is 5.60. The molecule has 1 aliphatic rings. The second kappa shape index (κ2) is 5.07. The lowest BCUT2D eigenvalue weighted by atomic mass is 10.2. The van der Waals surface area contributed by atoms with Gasteiger partial charge in [0.15, 0.2) is 0 Å². The summed E-state index contributed by atoms with van der Waals surface area (Å²) < 4.78 is 40.4. The molecule has 0 aromatic heterocycles. The van der Waals surface area contributed by atoms with Crippen LogP contribution in [0, 0.1) is 5.82 Å². The van der Waals surface area contributed by atoms with Gasteiger partial charge in [-0.1, -0.05) is 15.9 Å². The van der Waals surface area contributed by atoms with Crippen LogP contribution in [0.5, 0.6) is 0 Å². The Labute approximate surface area is 119 Å². The van der Waals surface area contributed by atoms with Crippen molar-refractivity contribution in [1.82, 2.24) is 4.31 Å². The first-order valence-corrected chi connectivity index (χ1v) is 8.16. The van der Waals surface area contributed by atoms with Crippen molar-refractivity contribution in [3.8, 4) is 0 Å². The molecule has 1 aromatic rings. The molecule has 0 bridgehead atoms. The highest BCUT2D eigenvalue weighted by Gasteiger charge is 2.36. The van der Waals surface area contributed by atoms with Gasteiger partial charge in [-0.2, -0.15) is 4.31 Å². The minimum atomic E-state index is -3.79. The van der Waals surface area contributed by atoms with Gasteiger partial charge in [-0.3, -0.25) is 0 Å². The molecule has 0 heterocycles. The number of sulfonamides is 1. The molecule has 18 heavy (non-hydrogen) atoms. The van der Waals surface area contributed by atoms with Gasteiger partial charge < -0.3 is 0 Å². The Kier molecular flexibility index (Phi) is 4.02. The summed E-state index contributed by atoms with van der Waals surface area (Å²) in [7, 11) is -2.31. The standard InChI is InChI=1S/C11H12BrClFNO2S/c1-15(9-2-3-9)18(16,17)10-5-8(12)4-7(6-13)11(10)14/h4-5,9H,2-3,6H2,1H3. The molecule has 1 aromatic carbocycles. The summed E-state index contributed by atoms with van der Waals surface area (Å²) >= 11 is 8.79. The highest BCUT2D eigenvalue weighted by Crippen LogP contribution is 2.33. The molecule has 0 spiro atoms. The van der Waals surface area contributed by atoms with Crippen molar-refractivity contribution in [2.24, 2.45) is 0 Å². The van der Waals surface area contributed by atoms with Gasteiger partial charge in [-0.05, 0) is 25.0 Å². The lowest BCUT2D eigenvalue weighted by Gasteiger charge is -2.17. The first-order chi connectivity index (χ1) is 8.37. The van der Waals surface area contributed by atoms with E-state index in [2.05, 4.69) is 15.9 Å². The van der Waals surface area contributed by atoms with Crippen LogP contribution in [0.2, 0.25) is 0 Å². The molecule has 0 N–H and O–H groups in total. The second-order valence-electron chi connectivity index (χ2n) is 4.26. The van der Waals surface area contributed by atoms with Gasteiger partial charge in [-0.15, -0.1) is 11.6 Å². The zero-order valence-electron chi connectivity index (χ0n) is 9.66. The molecule has 100 valence electrons. The minimum Gasteiger partial charge on any atom is -0.207 e. The van der Waals surface area contributed by atoms with E-state index in [9.17, 15) is 12.8 Å². The number of alkyl halides is 1. The molecule has 7 heteroatoms. The SMILES string of the molecule is CN(C1CC1)S(=O)(=O)c1cc(Br)cc(CCl)c1F. The van der Waals surface area contributed by atoms with E-state index in [1.54, 1.807) is 0 Å². The third-order valence-electron chi connectivity index (χ3n) is 2.94. The molecule has 0 aliphatic heterocycles. The molecule has 0 atom stereocenters. The molecular weight excluding hydrogens is 345 g/mol. The van der Waals surface area contributed by atoms with Gasteiger partial charge in [-0.25, -0.2) is 12.8 Å². The van der Waals surface area contributed by atoms with Crippen LogP contribution in [0.4, 0.5) is 4.39 Å². The van der Waals surface area contributed by atoms with Crippen molar-refractivity contribution in [3.05, 3.63) is 28.0 Å². The molecule has 2 rings (SSSR count). The number of hydrogen-bond acceptors (Lipinski definition) is 2. The van der Waals surface area contributed by atoms with Crippen LogP contribution in [-0.4, -0.2) is 25.8 Å². The average Bonchev–Trinajstić information content (AvgIpc) is 3.14. The zero-order valence-corrected chi connectivity index (χ0v) is 12.8. The Bertz CT molecular complexity index is 575. The molecule has 0 amide bonds. The number of benzene rings is 1. The quantitative estimate of drug-likeness (QED) is 0.777. The fraction of sp³-hybridized carbons (Fsp3) is 0.455. The maximum atomic E-state index is 14.1. The largest absolute Gasteiger partial charge is 0.246 e. The number of nitrogens with zero attached hydrogens (tertiary/aromatic N) is 1. The Morgan fingerprint density at radius 1 is 1.50 bits per heavy atom. The second-order valence-corrected chi connectivity index (χ2v) is 7.41. The third kappa shape index (κ3) is 2.57. The van der Waals surface area contributed by atoms with E-state index in [1.807, 2.05) is 0 Å². The number of hydrogen-bond donors (Lipinski definition) is 0. The van der Waals surface area contributed by atoms with Crippen LogP contribution in [0.1, 0.15) is 18.4 Å². The summed E-state index contributed by atoms with van der Waals surface area (Å²) in [5.74, 6) is -0.832. The number of rotatable bonds is 4. The topological polar surface area (TPSA) is 37.4 Å². The Hall–Kier alpha value is -0.170. The van der Waals surface area contributed by atoms with Crippen molar-refractivity contribution in [1.29, 1.82) is 0 Å². The van der Waals surface area contributed by atoms with Gasteiger partial charge in [0.1, 0.15) is 10.7 Å². The van der Waals surface area contributed by atoms with Crippen LogP contribution in [-0.2, 0) is 15.9 Å². The molecule has 1 aliphatic carbocycles. The fourth-order valence-electron chi connectivity index (χ4n) is 1.69. The molecule has 1 saturated carbocycles. The van der Waals surface area contributed by atoms with E-state index in [0.29, 0.717) is 4.47 Å². The minimum absolute atomic E-state index is 0.00664. The van der Waals surface area contributed by atoms with E-state index in [1.165, 1.54) is 23.5 Å². The van der Waals surface area contributed by atoms with Gasteiger partial charge in [0.2, 0.25) is 10.0 Å². The first-order valence-electron chi connectivity index (χ1n) is 5.40. The summed E-state index contributed by atoms with van der Waals surface area (Å²) in [6, 6.07) is 2.76. The van der Waals surface area contributed by atoms with Crippen LogP contribution >= 0.6 is 27.5 Å². The van der Waals surface area contributed by atoms with Crippen molar-refractivity contribution >= 4 is 37.6 Å². The summed E-state index contributed by atoms with van der Waals surface area (Å²) in [5.41, 5.74) is 0.175. The fourth-order valence-corrected chi connectivity index (χ4v) is 4.09. The van der Waals surface area contributed by atoms with Crippen molar-refractivity contribution in [2.75, 3.05) is 7.05 Å². The number of halogens is 3. The highest BCUT2D eigenvalue weighted by molar-refractivity contribution is 9.10. The molecule has 0 unspecified atom stereocenters. The predicted octanol–water partition coefficient (Wildman–Crippen LogP) is 3.11. The maximum Gasteiger partial charge on any atom is 0.246 e. The monoisotopic (exact) mass is 355 g/mol. The van der Waals surface area contributed by atoms with E-state index < -0.39 is 15.8 Å². The van der Waals surface area contributed by atoms with Gasteiger partial charge in [0, 0.05) is 23.1 Å². The maximum absolute atomic E-state index is 14.1. The lowest BCUT2D eigenvalue weighted by molar-refractivity contribution is 0.457. The summed E-state index contributed by atoms with van der Waals surface area (Å²) in [6.07, 6.45) is 1.65. The summed E-state index contributed by atoms with van der Waals surface area (Å²) in [4.78, 5) is -0.318. The van der Waals surface area contributed by atoms with Crippen LogP contribution in [0.15, 0.2) is 21.5 Å². The van der Waals surface area contributed by atoms with Crippen LogP contribution in [0.25, 0.3) is 0 Å². The van der Waals surface area contributed by atoms with E-state index in [4.69, 9.17) is 11.6 Å². The summed E-state index contributed by atoms with van der Waals surface area (Å²) in [6.45, 7) is 0. The Morgan fingerprint density at radius 2 is 2.11 bits per heavy atom. The van der Waals surface area contributed by atoms with Crippen LogP contribution in [0.3, 0.4) is 0 Å². The molecule has 0 radical (unpaired) electrons. The van der Waals surface area contributed by atoms with E-state index >= 15 is 0 Å². The van der Waals surface area contributed by atoms with Crippen LogP contribution < -0.4 is 0 Å². The Morgan fingerprint density at radius 3 is 2.61 bits per heavy atom. The van der Waals surface area contributed by atoms with E-state index in [0.717, 1.165) is 12.8 Å². The van der Waals surface area contributed by atoms with Crippen molar-refractivity contribution < 1.29 is 12.8 Å². The molecular formula is C11H12BrClFNO2S. The van der Waals surface area contributed by atoms with E-state index in [-0.39, 0.29) is 22.4 Å². The first kappa shape index (κ1) is 14.2. The molecule has 1 fully saturated rings. The summed E-state index contributed by atoms with van der Waals surface area (Å²) in [5, 5.41) is 0. The zero-order chi connectivity index (χ0) is 13.5. The predicted molar refractivity (Wildman–Crippen MR) is 71.6 cm³/mol.